The fraction of sp³-hybridized carbons (Fsp3) is 0.273. The number of para-hydroxylation sites is 1. The molecule has 1 aliphatic heterocycles. The summed E-state index contributed by atoms with van der Waals surface area (Å²) >= 11 is 0. The molecule has 1 saturated heterocycles. The highest BCUT2D eigenvalue weighted by atomic mass is 32.2. The molecule has 0 aliphatic carbocycles. The van der Waals surface area contributed by atoms with Crippen molar-refractivity contribution in [3.8, 4) is 11.4 Å². The SMILES string of the molecule is COc1ccc(C(=O)C2CCN(S(=O)(=O)c3cnn(-c4ccccc4)c3)CC2)cc1. The van der Waals surface area contributed by atoms with Gasteiger partial charge in [0.05, 0.1) is 25.2 Å². The largest absolute Gasteiger partial charge is 0.497 e. The van der Waals surface area contributed by atoms with Crippen molar-refractivity contribution in [2.24, 2.45) is 5.92 Å². The molecule has 156 valence electrons. The van der Waals surface area contributed by atoms with Crippen molar-refractivity contribution >= 4 is 15.8 Å². The minimum Gasteiger partial charge on any atom is -0.497 e. The number of carbonyl (C=O) groups excluding carboxylic acids is 1. The van der Waals surface area contributed by atoms with Crippen LogP contribution in [0, 0.1) is 5.92 Å². The van der Waals surface area contributed by atoms with Crippen LogP contribution in [0.25, 0.3) is 5.69 Å². The predicted octanol–water partition coefficient (Wildman–Crippen LogP) is 3.16. The molecule has 0 atom stereocenters. The summed E-state index contributed by atoms with van der Waals surface area (Å²) in [5, 5.41) is 4.19. The maximum Gasteiger partial charge on any atom is 0.246 e. The van der Waals surface area contributed by atoms with E-state index >= 15 is 0 Å². The van der Waals surface area contributed by atoms with Crippen LogP contribution in [-0.2, 0) is 10.0 Å². The van der Waals surface area contributed by atoms with Gasteiger partial charge in [0.2, 0.25) is 10.0 Å². The predicted molar refractivity (Wildman–Crippen MR) is 112 cm³/mol. The molecule has 0 spiro atoms. The van der Waals surface area contributed by atoms with Crippen LogP contribution in [0.15, 0.2) is 71.9 Å². The maximum absolute atomic E-state index is 13.0. The molecule has 2 aromatic carbocycles. The second-order valence-corrected chi connectivity index (χ2v) is 9.17. The number of nitrogens with zero attached hydrogens (tertiary/aromatic N) is 3. The van der Waals surface area contributed by atoms with Gasteiger partial charge in [-0.05, 0) is 49.2 Å². The van der Waals surface area contributed by atoms with Crippen molar-refractivity contribution in [2.45, 2.75) is 17.7 Å². The second kappa shape index (κ2) is 8.41. The van der Waals surface area contributed by atoms with Crippen molar-refractivity contribution < 1.29 is 17.9 Å². The lowest BCUT2D eigenvalue weighted by Gasteiger charge is -2.30. The van der Waals surface area contributed by atoms with E-state index in [4.69, 9.17) is 4.74 Å². The number of piperidine rings is 1. The quantitative estimate of drug-likeness (QED) is 0.567. The Kier molecular flexibility index (Phi) is 5.69. The average molecular weight is 426 g/mol. The van der Waals surface area contributed by atoms with Crippen LogP contribution in [-0.4, -0.2) is 48.5 Å². The Hall–Kier alpha value is -2.97. The summed E-state index contributed by atoms with van der Waals surface area (Å²) in [6.45, 7) is 0.622. The zero-order chi connectivity index (χ0) is 21.1. The van der Waals surface area contributed by atoms with Gasteiger partial charge in [-0.3, -0.25) is 4.79 Å². The molecular formula is C22H23N3O4S. The van der Waals surface area contributed by atoms with Crippen molar-refractivity contribution in [3.05, 3.63) is 72.6 Å². The highest BCUT2D eigenvalue weighted by Crippen LogP contribution is 2.27. The molecule has 1 fully saturated rings. The molecule has 0 N–H and O–H groups in total. The molecule has 0 unspecified atom stereocenters. The van der Waals surface area contributed by atoms with Crippen LogP contribution in [0.4, 0.5) is 0 Å². The molecular weight excluding hydrogens is 402 g/mol. The summed E-state index contributed by atoms with van der Waals surface area (Å²) in [6.07, 6.45) is 3.89. The lowest BCUT2D eigenvalue weighted by molar-refractivity contribution is 0.0875. The fourth-order valence-corrected chi connectivity index (χ4v) is 5.06. The van der Waals surface area contributed by atoms with Crippen molar-refractivity contribution in [2.75, 3.05) is 20.2 Å². The number of benzene rings is 2. The molecule has 1 aliphatic rings. The van der Waals surface area contributed by atoms with Crippen molar-refractivity contribution in [1.82, 2.24) is 14.1 Å². The third kappa shape index (κ3) is 4.01. The monoisotopic (exact) mass is 425 g/mol. The molecule has 8 heteroatoms. The standard InChI is InChI=1S/C22H23N3O4S/c1-29-20-9-7-17(8-10-20)22(26)18-11-13-24(14-12-18)30(27,28)21-15-23-25(16-21)19-5-3-2-4-6-19/h2-10,15-16,18H,11-14H2,1H3. The number of sulfonamides is 1. The van der Waals surface area contributed by atoms with E-state index in [1.54, 1.807) is 36.1 Å². The summed E-state index contributed by atoms with van der Waals surface area (Å²) < 4.78 is 34.2. The van der Waals surface area contributed by atoms with Gasteiger partial charge in [0, 0.05) is 24.6 Å². The van der Waals surface area contributed by atoms with E-state index in [0.29, 0.717) is 37.2 Å². The Bertz CT molecular complexity index is 1120. The van der Waals surface area contributed by atoms with Crippen LogP contribution in [0.1, 0.15) is 23.2 Å². The molecule has 30 heavy (non-hydrogen) atoms. The Morgan fingerprint density at radius 3 is 2.33 bits per heavy atom. The normalized spacial score (nSPS) is 15.8. The first-order valence-corrected chi connectivity index (χ1v) is 11.2. The molecule has 0 radical (unpaired) electrons. The molecule has 1 aromatic heterocycles. The van der Waals surface area contributed by atoms with Crippen LogP contribution >= 0.6 is 0 Å². The second-order valence-electron chi connectivity index (χ2n) is 7.23. The highest BCUT2D eigenvalue weighted by Gasteiger charge is 2.33. The Morgan fingerprint density at radius 2 is 1.70 bits per heavy atom. The molecule has 0 amide bonds. The number of ketones is 1. The number of methoxy groups -OCH3 is 1. The van der Waals surface area contributed by atoms with E-state index in [0.717, 1.165) is 5.69 Å². The van der Waals surface area contributed by atoms with E-state index in [1.165, 1.54) is 16.7 Å². The molecule has 4 rings (SSSR count). The summed E-state index contributed by atoms with van der Waals surface area (Å²) in [7, 11) is -2.07. The molecule has 0 bridgehead atoms. The molecule has 0 saturated carbocycles. The summed E-state index contributed by atoms with van der Waals surface area (Å²) in [5.74, 6) is 0.562. The first kappa shape index (κ1) is 20.3. The Morgan fingerprint density at radius 1 is 1.03 bits per heavy atom. The minimum atomic E-state index is -3.65. The topological polar surface area (TPSA) is 81.5 Å². The number of rotatable bonds is 6. The van der Waals surface area contributed by atoms with Crippen molar-refractivity contribution in [3.63, 3.8) is 0 Å². The van der Waals surface area contributed by atoms with Gasteiger partial charge < -0.3 is 4.74 Å². The lowest BCUT2D eigenvalue weighted by Crippen LogP contribution is -2.40. The lowest BCUT2D eigenvalue weighted by atomic mass is 9.89. The Labute approximate surface area is 175 Å². The average Bonchev–Trinajstić information content (AvgIpc) is 3.31. The number of ether oxygens (including phenoxy) is 1. The van der Waals surface area contributed by atoms with Crippen LogP contribution in [0.3, 0.4) is 0 Å². The Balaban J connectivity index is 1.43. The van der Waals surface area contributed by atoms with Crippen LogP contribution in [0.2, 0.25) is 0 Å². The van der Waals surface area contributed by atoms with E-state index in [2.05, 4.69) is 5.10 Å². The summed E-state index contributed by atoms with van der Waals surface area (Å²) in [6, 6.07) is 16.4. The van der Waals surface area contributed by atoms with Gasteiger partial charge in [-0.2, -0.15) is 9.40 Å². The van der Waals surface area contributed by atoms with E-state index in [1.807, 2.05) is 30.3 Å². The van der Waals surface area contributed by atoms with Gasteiger partial charge in [0.1, 0.15) is 10.6 Å². The van der Waals surface area contributed by atoms with Gasteiger partial charge >= 0.3 is 0 Å². The number of hydrogen-bond donors (Lipinski definition) is 0. The summed E-state index contributed by atoms with van der Waals surface area (Å²) in [4.78, 5) is 12.9. The van der Waals surface area contributed by atoms with E-state index in [-0.39, 0.29) is 16.6 Å². The minimum absolute atomic E-state index is 0.0478. The molecule has 2 heterocycles. The fourth-order valence-electron chi connectivity index (χ4n) is 3.66. The zero-order valence-electron chi connectivity index (χ0n) is 16.6. The first-order valence-electron chi connectivity index (χ1n) is 9.77. The zero-order valence-corrected chi connectivity index (χ0v) is 17.5. The summed E-state index contributed by atoms with van der Waals surface area (Å²) in [5.41, 5.74) is 1.42. The third-order valence-corrected chi connectivity index (χ3v) is 7.27. The van der Waals surface area contributed by atoms with Gasteiger partial charge in [-0.15, -0.1) is 0 Å². The molecule has 7 nitrogen and oxygen atoms in total. The smallest absolute Gasteiger partial charge is 0.246 e. The van der Waals surface area contributed by atoms with E-state index < -0.39 is 10.0 Å². The van der Waals surface area contributed by atoms with Crippen LogP contribution in [0.5, 0.6) is 5.75 Å². The van der Waals surface area contributed by atoms with Crippen LogP contribution < -0.4 is 4.74 Å². The van der Waals surface area contributed by atoms with Gasteiger partial charge in [-0.1, -0.05) is 18.2 Å². The first-order chi connectivity index (χ1) is 14.5. The molecule has 3 aromatic rings. The number of Topliss-reactive ketones (excluding diaryl/α,β-unsaturated/α-hetero) is 1. The van der Waals surface area contributed by atoms with E-state index in [9.17, 15) is 13.2 Å². The number of aromatic nitrogens is 2. The number of carbonyl (C=O) groups is 1. The maximum atomic E-state index is 13.0. The third-order valence-electron chi connectivity index (χ3n) is 5.42. The van der Waals surface area contributed by atoms with Gasteiger partial charge in [-0.25, -0.2) is 13.1 Å². The number of hydrogen-bond acceptors (Lipinski definition) is 5. The van der Waals surface area contributed by atoms with Crippen molar-refractivity contribution in [1.29, 1.82) is 0 Å². The highest BCUT2D eigenvalue weighted by molar-refractivity contribution is 7.89. The van der Waals surface area contributed by atoms with Gasteiger partial charge in [0.15, 0.2) is 5.78 Å². The van der Waals surface area contributed by atoms with Gasteiger partial charge in [0.25, 0.3) is 0 Å².